The fraction of sp³-hybridized carbons (Fsp3) is 0.0500. The summed E-state index contributed by atoms with van der Waals surface area (Å²) in [5.74, 6) is 0.671. The van der Waals surface area contributed by atoms with Crippen molar-refractivity contribution < 1.29 is 13.2 Å². The first-order chi connectivity index (χ1) is 13.0. The van der Waals surface area contributed by atoms with E-state index in [9.17, 15) is 8.42 Å². The molecule has 0 spiro atoms. The van der Waals surface area contributed by atoms with Gasteiger partial charge in [-0.3, -0.25) is 0 Å². The molecule has 0 aromatic heterocycles. The first kappa shape index (κ1) is 19.1. The molecule has 0 aliphatic heterocycles. The van der Waals surface area contributed by atoms with Crippen LogP contribution in [-0.4, -0.2) is 14.6 Å². The number of sulfonamides is 1. The molecule has 3 aromatic carbocycles. The van der Waals surface area contributed by atoms with Crippen molar-refractivity contribution in [2.45, 2.75) is 11.5 Å². The Morgan fingerprint density at radius 1 is 0.963 bits per heavy atom. The average Bonchev–Trinajstić information content (AvgIpc) is 2.67. The zero-order chi connectivity index (χ0) is 19.1. The molecule has 3 aromatic rings. The van der Waals surface area contributed by atoms with E-state index in [4.69, 9.17) is 4.74 Å². The number of nitrogens with zero attached hydrogens (tertiary/aromatic N) is 1. The molecule has 0 atom stereocenters. The second kappa shape index (κ2) is 8.83. The predicted molar refractivity (Wildman–Crippen MR) is 109 cm³/mol. The van der Waals surface area contributed by atoms with Gasteiger partial charge in [-0.2, -0.15) is 13.5 Å². The number of benzene rings is 3. The molecule has 0 fully saturated rings. The highest BCUT2D eigenvalue weighted by Crippen LogP contribution is 2.16. The molecule has 0 aliphatic rings. The standard InChI is InChI=1S/C20H17BrN2O3S/c21-18-8-4-7-17(12-18)15-26-19-9-5-6-16(13-19)14-22-23-27(24,25)20-10-2-1-3-11-20/h1-14,23H,15H2/b22-14-. The normalized spacial score (nSPS) is 11.4. The quantitative estimate of drug-likeness (QED) is 0.435. The van der Waals surface area contributed by atoms with Crippen molar-refractivity contribution in [3.8, 4) is 5.75 Å². The van der Waals surface area contributed by atoms with E-state index in [0.717, 1.165) is 15.6 Å². The fourth-order valence-electron chi connectivity index (χ4n) is 2.30. The van der Waals surface area contributed by atoms with Crippen LogP contribution in [0.4, 0.5) is 0 Å². The van der Waals surface area contributed by atoms with E-state index in [2.05, 4.69) is 25.9 Å². The molecule has 0 aliphatic carbocycles. The van der Waals surface area contributed by atoms with Crippen molar-refractivity contribution in [1.82, 2.24) is 4.83 Å². The number of rotatable bonds is 7. The van der Waals surface area contributed by atoms with Crippen LogP contribution >= 0.6 is 15.9 Å². The van der Waals surface area contributed by atoms with E-state index in [1.165, 1.54) is 18.3 Å². The molecular formula is C20H17BrN2O3S. The number of hydrogen-bond donors (Lipinski definition) is 1. The van der Waals surface area contributed by atoms with Crippen LogP contribution in [-0.2, 0) is 16.6 Å². The zero-order valence-corrected chi connectivity index (χ0v) is 16.7. The van der Waals surface area contributed by atoms with Gasteiger partial charge >= 0.3 is 0 Å². The summed E-state index contributed by atoms with van der Waals surface area (Å²) in [4.78, 5) is 2.36. The second-order valence-electron chi connectivity index (χ2n) is 5.66. The van der Waals surface area contributed by atoms with Gasteiger partial charge in [-0.1, -0.05) is 58.4 Å². The number of hydrazone groups is 1. The Balaban J connectivity index is 1.62. The van der Waals surface area contributed by atoms with Crippen molar-refractivity contribution in [2.75, 3.05) is 0 Å². The third-order valence-corrected chi connectivity index (χ3v) is 5.32. The molecule has 1 N–H and O–H groups in total. The Morgan fingerprint density at radius 3 is 2.52 bits per heavy atom. The highest BCUT2D eigenvalue weighted by Gasteiger charge is 2.11. The summed E-state index contributed by atoms with van der Waals surface area (Å²) in [7, 11) is -3.67. The summed E-state index contributed by atoms with van der Waals surface area (Å²) in [5.41, 5.74) is 1.76. The number of halogens is 1. The molecule has 138 valence electrons. The van der Waals surface area contributed by atoms with E-state index in [0.29, 0.717) is 12.4 Å². The van der Waals surface area contributed by atoms with Gasteiger partial charge in [0, 0.05) is 4.47 Å². The highest BCUT2D eigenvalue weighted by molar-refractivity contribution is 9.10. The molecule has 27 heavy (non-hydrogen) atoms. The van der Waals surface area contributed by atoms with E-state index < -0.39 is 10.0 Å². The summed E-state index contributed by atoms with van der Waals surface area (Å²) < 4.78 is 31.0. The Kier molecular flexibility index (Phi) is 6.26. The van der Waals surface area contributed by atoms with E-state index in [1.807, 2.05) is 42.5 Å². The molecule has 0 unspecified atom stereocenters. The molecule has 7 heteroatoms. The minimum Gasteiger partial charge on any atom is -0.489 e. The van der Waals surface area contributed by atoms with Crippen LogP contribution in [0.5, 0.6) is 5.75 Å². The third kappa shape index (κ3) is 5.67. The maximum atomic E-state index is 12.1. The van der Waals surface area contributed by atoms with Gasteiger partial charge in [-0.25, -0.2) is 4.83 Å². The molecule has 0 saturated heterocycles. The summed E-state index contributed by atoms with van der Waals surface area (Å²) in [6.07, 6.45) is 1.44. The van der Waals surface area contributed by atoms with Crippen LogP contribution in [0.3, 0.4) is 0 Å². The van der Waals surface area contributed by atoms with Gasteiger partial charge < -0.3 is 4.74 Å². The van der Waals surface area contributed by atoms with E-state index in [-0.39, 0.29) is 4.90 Å². The Bertz CT molecular complexity index is 1040. The minimum atomic E-state index is -3.67. The molecule has 0 heterocycles. The summed E-state index contributed by atoms with van der Waals surface area (Å²) in [5, 5.41) is 3.84. The van der Waals surface area contributed by atoms with Gasteiger partial charge in [0.15, 0.2) is 0 Å². The minimum absolute atomic E-state index is 0.160. The maximum absolute atomic E-state index is 12.1. The van der Waals surface area contributed by atoms with E-state index >= 15 is 0 Å². The van der Waals surface area contributed by atoms with Crippen LogP contribution in [0.1, 0.15) is 11.1 Å². The molecule has 5 nitrogen and oxygen atoms in total. The fourth-order valence-corrected chi connectivity index (χ4v) is 3.56. The first-order valence-electron chi connectivity index (χ1n) is 8.10. The molecule has 3 rings (SSSR count). The number of ether oxygens (including phenoxy) is 1. The number of nitrogens with one attached hydrogen (secondary N) is 1. The second-order valence-corrected chi connectivity index (χ2v) is 8.23. The lowest BCUT2D eigenvalue weighted by Gasteiger charge is -2.07. The zero-order valence-electron chi connectivity index (χ0n) is 14.2. The summed E-state index contributed by atoms with van der Waals surface area (Å²) in [6, 6.07) is 23.2. The summed E-state index contributed by atoms with van der Waals surface area (Å²) >= 11 is 3.43. The van der Waals surface area contributed by atoms with Crippen molar-refractivity contribution in [1.29, 1.82) is 0 Å². The van der Waals surface area contributed by atoms with Gasteiger partial charge in [-0.15, -0.1) is 0 Å². The van der Waals surface area contributed by atoms with Crippen molar-refractivity contribution in [3.05, 3.63) is 94.5 Å². The van der Waals surface area contributed by atoms with Gasteiger partial charge in [0.25, 0.3) is 10.0 Å². The largest absolute Gasteiger partial charge is 0.489 e. The Hall–Kier alpha value is -2.64. The maximum Gasteiger partial charge on any atom is 0.276 e. The van der Waals surface area contributed by atoms with Crippen LogP contribution in [0.2, 0.25) is 0 Å². The SMILES string of the molecule is O=S(=O)(N/N=C\c1cccc(OCc2cccc(Br)c2)c1)c1ccccc1. The van der Waals surface area contributed by atoms with Crippen LogP contribution in [0, 0.1) is 0 Å². The monoisotopic (exact) mass is 444 g/mol. The highest BCUT2D eigenvalue weighted by atomic mass is 79.9. The lowest BCUT2D eigenvalue weighted by atomic mass is 10.2. The van der Waals surface area contributed by atoms with Gasteiger partial charge in [0.1, 0.15) is 12.4 Å². The van der Waals surface area contributed by atoms with Crippen LogP contribution < -0.4 is 9.57 Å². The molecule has 0 amide bonds. The average molecular weight is 445 g/mol. The Labute approximate surface area is 166 Å². The molecule has 0 radical (unpaired) electrons. The molecular weight excluding hydrogens is 428 g/mol. The van der Waals surface area contributed by atoms with Crippen molar-refractivity contribution in [3.63, 3.8) is 0 Å². The lowest BCUT2D eigenvalue weighted by Crippen LogP contribution is -2.18. The van der Waals surface area contributed by atoms with Gasteiger partial charge in [0.05, 0.1) is 11.1 Å². The lowest BCUT2D eigenvalue weighted by molar-refractivity contribution is 0.306. The predicted octanol–water partition coefficient (Wildman–Crippen LogP) is 4.34. The smallest absolute Gasteiger partial charge is 0.276 e. The van der Waals surface area contributed by atoms with Crippen molar-refractivity contribution >= 4 is 32.2 Å². The number of hydrogen-bond acceptors (Lipinski definition) is 4. The molecule has 0 bridgehead atoms. The van der Waals surface area contributed by atoms with Crippen LogP contribution in [0.25, 0.3) is 0 Å². The van der Waals surface area contributed by atoms with Crippen molar-refractivity contribution in [2.24, 2.45) is 5.10 Å². The Morgan fingerprint density at radius 2 is 1.74 bits per heavy atom. The van der Waals surface area contributed by atoms with Gasteiger partial charge in [-0.05, 0) is 47.5 Å². The topological polar surface area (TPSA) is 67.8 Å². The first-order valence-corrected chi connectivity index (χ1v) is 10.4. The van der Waals surface area contributed by atoms with Crippen LogP contribution in [0.15, 0.2) is 93.3 Å². The van der Waals surface area contributed by atoms with E-state index in [1.54, 1.807) is 24.3 Å². The third-order valence-electron chi connectivity index (χ3n) is 3.59. The molecule has 0 saturated carbocycles. The summed E-state index contributed by atoms with van der Waals surface area (Å²) in [6.45, 7) is 0.431. The van der Waals surface area contributed by atoms with Gasteiger partial charge in [0.2, 0.25) is 0 Å².